The van der Waals surface area contributed by atoms with E-state index in [2.05, 4.69) is 17.1 Å². The van der Waals surface area contributed by atoms with Crippen LogP contribution in [-0.2, 0) is 0 Å². The second-order valence-electron chi connectivity index (χ2n) is 5.17. The van der Waals surface area contributed by atoms with Crippen LogP contribution in [0.3, 0.4) is 0 Å². The predicted molar refractivity (Wildman–Crippen MR) is 73.7 cm³/mol. The summed E-state index contributed by atoms with van der Waals surface area (Å²) in [5.74, 6) is -0.740. The molecule has 1 aliphatic rings. The smallest absolute Gasteiger partial charge is 0.254 e. The molecule has 0 saturated carbocycles. The predicted octanol–water partition coefficient (Wildman–Crippen LogP) is 2.35. The number of rotatable bonds is 3. The van der Waals surface area contributed by atoms with Crippen LogP contribution in [-0.4, -0.2) is 36.5 Å². The number of piperidine rings is 1. The second kappa shape index (κ2) is 6.15. The van der Waals surface area contributed by atoms with Gasteiger partial charge < -0.3 is 10.2 Å². The molecule has 0 bridgehead atoms. The van der Waals surface area contributed by atoms with Crippen molar-refractivity contribution in [3.63, 3.8) is 0 Å². The molecule has 0 spiro atoms. The number of nitrogens with one attached hydrogen (secondary N) is 1. The molecular formula is C15H21FN2O. The van der Waals surface area contributed by atoms with Crippen LogP contribution >= 0.6 is 0 Å². The van der Waals surface area contributed by atoms with Gasteiger partial charge in [0, 0.05) is 19.1 Å². The number of benzene rings is 1. The van der Waals surface area contributed by atoms with Crippen LogP contribution in [0.4, 0.5) is 4.39 Å². The van der Waals surface area contributed by atoms with Crippen LogP contribution in [0, 0.1) is 12.7 Å². The van der Waals surface area contributed by atoms with Gasteiger partial charge in [0.15, 0.2) is 0 Å². The summed E-state index contributed by atoms with van der Waals surface area (Å²) in [6.07, 6.45) is 1.88. The molecule has 1 N–H and O–H groups in total. The molecule has 0 radical (unpaired) electrons. The largest absolute Gasteiger partial charge is 0.349 e. The third kappa shape index (κ3) is 3.53. The zero-order chi connectivity index (χ0) is 13.8. The van der Waals surface area contributed by atoms with Crippen molar-refractivity contribution in [1.82, 2.24) is 10.2 Å². The summed E-state index contributed by atoms with van der Waals surface area (Å²) in [4.78, 5) is 14.4. The van der Waals surface area contributed by atoms with E-state index >= 15 is 0 Å². The van der Waals surface area contributed by atoms with E-state index in [0.29, 0.717) is 0 Å². The molecule has 4 heteroatoms. The molecule has 104 valence electrons. The molecule has 1 amide bonds. The Hall–Kier alpha value is -1.42. The number of aryl methyl sites for hydroxylation is 1. The SMILES string of the molecule is CCN1CCC(NC(=O)c2ccc(C)cc2F)CC1. The minimum absolute atomic E-state index is 0.142. The summed E-state index contributed by atoms with van der Waals surface area (Å²) in [6, 6.07) is 4.88. The zero-order valence-electron chi connectivity index (χ0n) is 11.6. The van der Waals surface area contributed by atoms with Crippen LogP contribution in [0.2, 0.25) is 0 Å². The first kappa shape index (κ1) is 14.0. The minimum Gasteiger partial charge on any atom is -0.349 e. The number of hydrogen-bond acceptors (Lipinski definition) is 2. The first-order chi connectivity index (χ1) is 9.10. The standard InChI is InChI=1S/C15H21FN2O/c1-3-18-8-6-12(7-9-18)17-15(19)13-5-4-11(2)10-14(13)16/h4-5,10,12H,3,6-9H2,1-2H3,(H,17,19). The lowest BCUT2D eigenvalue weighted by Gasteiger charge is -2.31. The Kier molecular flexibility index (Phi) is 4.53. The summed E-state index contributed by atoms with van der Waals surface area (Å²) in [7, 11) is 0. The topological polar surface area (TPSA) is 32.3 Å². The molecule has 1 fully saturated rings. The molecule has 1 heterocycles. The van der Waals surface area contributed by atoms with Gasteiger partial charge in [-0.1, -0.05) is 13.0 Å². The molecule has 0 aromatic heterocycles. The van der Waals surface area contributed by atoms with Gasteiger partial charge in [0.2, 0.25) is 0 Å². The average molecular weight is 264 g/mol. The molecule has 19 heavy (non-hydrogen) atoms. The zero-order valence-corrected chi connectivity index (χ0v) is 11.6. The summed E-state index contributed by atoms with van der Waals surface area (Å²) >= 11 is 0. The Morgan fingerprint density at radius 3 is 2.68 bits per heavy atom. The van der Waals surface area contributed by atoms with Gasteiger partial charge in [-0.25, -0.2) is 4.39 Å². The summed E-state index contributed by atoms with van der Waals surface area (Å²) in [5.41, 5.74) is 0.967. The van der Waals surface area contributed by atoms with Crippen LogP contribution in [0.15, 0.2) is 18.2 Å². The molecule has 1 aromatic carbocycles. The van der Waals surface area contributed by atoms with Crippen molar-refractivity contribution in [2.75, 3.05) is 19.6 Å². The Morgan fingerprint density at radius 1 is 1.42 bits per heavy atom. The van der Waals surface area contributed by atoms with Crippen molar-refractivity contribution in [3.8, 4) is 0 Å². The van der Waals surface area contributed by atoms with Crippen LogP contribution in [0.5, 0.6) is 0 Å². The van der Waals surface area contributed by atoms with Crippen LogP contribution in [0.1, 0.15) is 35.7 Å². The lowest BCUT2D eigenvalue weighted by Crippen LogP contribution is -2.44. The van der Waals surface area contributed by atoms with Crippen molar-refractivity contribution in [2.45, 2.75) is 32.7 Å². The molecule has 1 aromatic rings. The molecule has 0 unspecified atom stereocenters. The highest BCUT2D eigenvalue weighted by molar-refractivity contribution is 5.94. The molecular weight excluding hydrogens is 243 g/mol. The highest BCUT2D eigenvalue weighted by atomic mass is 19.1. The fourth-order valence-electron chi connectivity index (χ4n) is 2.46. The maximum Gasteiger partial charge on any atom is 0.254 e. The summed E-state index contributed by atoms with van der Waals surface area (Å²) in [5, 5.41) is 2.93. The maximum absolute atomic E-state index is 13.7. The average Bonchev–Trinajstić information content (AvgIpc) is 2.39. The van der Waals surface area contributed by atoms with Crippen LogP contribution < -0.4 is 5.32 Å². The van der Waals surface area contributed by atoms with E-state index in [1.165, 1.54) is 6.07 Å². The Labute approximate surface area is 113 Å². The number of carbonyl (C=O) groups excluding carboxylic acids is 1. The van der Waals surface area contributed by atoms with E-state index in [4.69, 9.17) is 0 Å². The second-order valence-corrected chi connectivity index (χ2v) is 5.17. The van der Waals surface area contributed by atoms with E-state index in [9.17, 15) is 9.18 Å². The van der Waals surface area contributed by atoms with Crippen LogP contribution in [0.25, 0.3) is 0 Å². The number of hydrogen-bond donors (Lipinski definition) is 1. The fourth-order valence-corrected chi connectivity index (χ4v) is 2.46. The van der Waals surface area contributed by atoms with Crippen molar-refractivity contribution >= 4 is 5.91 Å². The Balaban J connectivity index is 1.94. The molecule has 0 aliphatic carbocycles. The lowest BCUT2D eigenvalue weighted by atomic mass is 10.0. The lowest BCUT2D eigenvalue weighted by molar-refractivity contribution is 0.0908. The van der Waals surface area contributed by atoms with Crippen molar-refractivity contribution < 1.29 is 9.18 Å². The highest BCUT2D eigenvalue weighted by Crippen LogP contribution is 2.13. The van der Waals surface area contributed by atoms with E-state index in [0.717, 1.165) is 38.0 Å². The molecule has 2 rings (SSSR count). The van der Waals surface area contributed by atoms with Crippen molar-refractivity contribution in [2.24, 2.45) is 0 Å². The molecule has 1 aliphatic heterocycles. The monoisotopic (exact) mass is 264 g/mol. The highest BCUT2D eigenvalue weighted by Gasteiger charge is 2.21. The molecule has 0 atom stereocenters. The maximum atomic E-state index is 13.7. The molecule has 1 saturated heterocycles. The number of amides is 1. The van der Waals surface area contributed by atoms with Crippen molar-refractivity contribution in [1.29, 1.82) is 0 Å². The summed E-state index contributed by atoms with van der Waals surface area (Å²) < 4.78 is 13.7. The quantitative estimate of drug-likeness (QED) is 0.909. The summed E-state index contributed by atoms with van der Waals surface area (Å²) in [6.45, 7) is 6.99. The number of halogens is 1. The van der Waals surface area contributed by atoms with Gasteiger partial charge in [0.1, 0.15) is 5.82 Å². The third-order valence-corrected chi connectivity index (χ3v) is 3.74. The van der Waals surface area contributed by atoms with Gasteiger partial charge >= 0.3 is 0 Å². The first-order valence-electron chi connectivity index (χ1n) is 6.89. The van der Waals surface area contributed by atoms with Gasteiger partial charge in [-0.05, 0) is 44.0 Å². The molecule has 3 nitrogen and oxygen atoms in total. The Bertz CT molecular complexity index is 453. The normalized spacial score (nSPS) is 17.4. The van der Waals surface area contributed by atoms with E-state index < -0.39 is 5.82 Å². The number of likely N-dealkylation sites (tertiary alicyclic amines) is 1. The number of carbonyl (C=O) groups is 1. The first-order valence-corrected chi connectivity index (χ1v) is 6.89. The Morgan fingerprint density at radius 2 is 2.11 bits per heavy atom. The van der Waals surface area contributed by atoms with E-state index in [-0.39, 0.29) is 17.5 Å². The van der Waals surface area contributed by atoms with E-state index in [1.807, 2.05) is 6.92 Å². The number of nitrogens with zero attached hydrogens (tertiary/aromatic N) is 1. The van der Waals surface area contributed by atoms with Gasteiger partial charge in [-0.15, -0.1) is 0 Å². The fraction of sp³-hybridized carbons (Fsp3) is 0.533. The van der Waals surface area contributed by atoms with Gasteiger partial charge in [0.05, 0.1) is 5.56 Å². The van der Waals surface area contributed by atoms with Crippen molar-refractivity contribution in [3.05, 3.63) is 35.1 Å². The van der Waals surface area contributed by atoms with Gasteiger partial charge in [-0.2, -0.15) is 0 Å². The third-order valence-electron chi connectivity index (χ3n) is 3.74. The van der Waals surface area contributed by atoms with Gasteiger partial charge in [0.25, 0.3) is 5.91 Å². The van der Waals surface area contributed by atoms with Gasteiger partial charge in [-0.3, -0.25) is 4.79 Å². The van der Waals surface area contributed by atoms with E-state index in [1.54, 1.807) is 12.1 Å². The minimum atomic E-state index is -0.441.